The van der Waals surface area contributed by atoms with Gasteiger partial charge in [-0.2, -0.15) is 0 Å². The lowest BCUT2D eigenvalue weighted by molar-refractivity contribution is 0.123. The molecular formula is C17H22N2O2. The SMILES string of the molecule is Cc1cc2c(=O)[nH]ccc2cc1O[C@H]1CC[C@@](C)(N)CC1. The van der Waals surface area contributed by atoms with E-state index >= 15 is 0 Å². The number of pyridine rings is 1. The van der Waals surface area contributed by atoms with Gasteiger partial charge in [0.1, 0.15) is 5.75 Å². The summed E-state index contributed by atoms with van der Waals surface area (Å²) in [7, 11) is 0. The maximum Gasteiger partial charge on any atom is 0.255 e. The molecule has 3 rings (SSSR count). The standard InChI is InChI=1S/C17H22N2O2/c1-11-9-14-12(5-8-19-16(14)20)10-15(11)21-13-3-6-17(2,18)7-4-13/h5,8-10,13H,3-4,6-7,18H2,1-2H3,(H,19,20)/t13-,17+. The van der Waals surface area contributed by atoms with Crippen LogP contribution in [0.5, 0.6) is 5.75 Å². The third kappa shape index (κ3) is 2.95. The molecule has 0 saturated heterocycles. The number of H-pyrrole nitrogens is 1. The van der Waals surface area contributed by atoms with Gasteiger partial charge in [-0.25, -0.2) is 0 Å². The van der Waals surface area contributed by atoms with Crippen LogP contribution in [0.15, 0.2) is 29.2 Å². The van der Waals surface area contributed by atoms with Crippen molar-refractivity contribution in [2.45, 2.75) is 51.2 Å². The molecule has 0 spiro atoms. The molecule has 0 aliphatic heterocycles. The van der Waals surface area contributed by atoms with Gasteiger partial charge in [-0.05, 0) is 68.7 Å². The van der Waals surface area contributed by atoms with Gasteiger partial charge in [0.15, 0.2) is 0 Å². The van der Waals surface area contributed by atoms with Crippen molar-refractivity contribution in [2.75, 3.05) is 0 Å². The molecule has 4 heteroatoms. The minimum absolute atomic E-state index is 0.0500. The van der Waals surface area contributed by atoms with E-state index in [0.29, 0.717) is 5.39 Å². The minimum Gasteiger partial charge on any atom is -0.490 e. The van der Waals surface area contributed by atoms with Crippen LogP contribution in [0.25, 0.3) is 10.8 Å². The first-order chi connectivity index (χ1) is 9.94. The fraction of sp³-hybridized carbons (Fsp3) is 0.471. The summed E-state index contributed by atoms with van der Waals surface area (Å²) in [6, 6.07) is 5.77. The predicted molar refractivity (Wildman–Crippen MR) is 84.8 cm³/mol. The van der Waals surface area contributed by atoms with Gasteiger partial charge in [0, 0.05) is 17.1 Å². The molecule has 1 aliphatic carbocycles. The molecule has 0 bridgehead atoms. The Labute approximate surface area is 124 Å². The smallest absolute Gasteiger partial charge is 0.255 e. The summed E-state index contributed by atoms with van der Waals surface area (Å²) < 4.78 is 6.16. The number of aromatic amines is 1. The summed E-state index contributed by atoms with van der Waals surface area (Å²) >= 11 is 0. The third-order valence-corrected chi connectivity index (χ3v) is 4.44. The fourth-order valence-electron chi connectivity index (χ4n) is 3.00. The number of ether oxygens (including phenoxy) is 1. The van der Waals surface area contributed by atoms with Gasteiger partial charge in [0.25, 0.3) is 5.56 Å². The molecule has 4 nitrogen and oxygen atoms in total. The van der Waals surface area contributed by atoms with Crippen LogP contribution in [0.4, 0.5) is 0 Å². The van der Waals surface area contributed by atoms with E-state index in [1.54, 1.807) is 6.20 Å². The van der Waals surface area contributed by atoms with E-state index in [9.17, 15) is 4.79 Å². The van der Waals surface area contributed by atoms with E-state index in [1.165, 1.54) is 0 Å². The number of fused-ring (bicyclic) bond motifs is 1. The first kappa shape index (κ1) is 14.1. The Balaban J connectivity index is 1.85. The van der Waals surface area contributed by atoms with Crippen LogP contribution in [0.1, 0.15) is 38.2 Å². The van der Waals surface area contributed by atoms with Crippen molar-refractivity contribution in [1.82, 2.24) is 4.98 Å². The van der Waals surface area contributed by atoms with E-state index in [2.05, 4.69) is 11.9 Å². The van der Waals surface area contributed by atoms with E-state index in [0.717, 1.165) is 42.4 Å². The number of nitrogens with one attached hydrogen (secondary N) is 1. The number of benzene rings is 1. The first-order valence-corrected chi connectivity index (χ1v) is 7.52. The number of nitrogens with two attached hydrogens (primary N) is 1. The maximum absolute atomic E-state index is 11.8. The zero-order valence-electron chi connectivity index (χ0n) is 12.6. The lowest BCUT2D eigenvalue weighted by Gasteiger charge is -2.34. The third-order valence-electron chi connectivity index (χ3n) is 4.44. The highest BCUT2D eigenvalue weighted by Crippen LogP contribution is 2.31. The Morgan fingerprint density at radius 3 is 2.76 bits per heavy atom. The largest absolute Gasteiger partial charge is 0.490 e. The molecule has 1 aromatic carbocycles. The maximum atomic E-state index is 11.8. The van der Waals surface area contributed by atoms with Crippen molar-refractivity contribution in [1.29, 1.82) is 0 Å². The van der Waals surface area contributed by atoms with E-state index < -0.39 is 0 Å². The second-order valence-corrected chi connectivity index (χ2v) is 6.48. The summed E-state index contributed by atoms with van der Waals surface area (Å²) in [5.41, 5.74) is 7.05. The molecule has 0 atom stereocenters. The van der Waals surface area contributed by atoms with Crippen LogP contribution in [0.2, 0.25) is 0 Å². The van der Waals surface area contributed by atoms with Crippen LogP contribution in [-0.2, 0) is 0 Å². The second-order valence-electron chi connectivity index (χ2n) is 6.48. The number of hydrogen-bond acceptors (Lipinski definition) is 3. The number of hydrogen-bond donors (Lipinski definition) is 2. The molecule has 112 valence electrons. The van der Waals surface area contributed by atoms with Gasteiger partial charge in [0.05, 0.1) is 6.10 Å². The van der Waals surface area contributed by atoms with Gasteiger partial charge in [-0.3, -0.25) is 4.79 Å². The highest BCUT2D eigenvalue weighted by molar-refractivity contribution is 5.83. The monoisotopic (exact) mass is 286 g/mol. The fourth-order valence-corrected chi connectivity index (χ4v) is 3.00. The Kier molecular flexibility index (Phi) is 3.49. The topological polar surface area (TPSA) is 68.1 Å². The number of rotatable bonds is 2. The van der Waals surface area contributed by atoms with Crippen molar-refractivity contribution >= 4 is 10.8 Å². The molecule has 1 aliphatic rings. The molecule has 1 heterocycles. The molecular weight excluding hydrogens is 264 g/mol. The Morgan fingerprint density at radius 2 is 2.05 bits per heavy atom. The zero-order chi connectivity index (χ0) is 15.0. The molecule has 1 fully saturated rings. The van der Waals surface area contributed by atoms with Crippen LogP contribution in [0, 0.1) is 6.92 Å². The van der Waals surface area contributed by atoms with E-state index in [-0.39, 0.29) is 17.2 Å². The Hall–Kier alpha value is -1.81. The normalized spacial score (nSPS) is 26.0. The predicted octanol–water partition coefficient (Wildman–Crippen LogP) is 2.88. The second kappa shape index (κ2) is 5.19. The molecule has 0 amide bonds. The van der Waals surface area contributed by atoms with E-state index in [4.69, 9.17) is 10.5 Å². The summed E-state index contributed by atoms with van der Waals surface area (Å²) in [5.74, 6) is 0.874. The van der Waals surface area contributed by atoms with Gasteiger partial charge < -0.3 is 15.5 Å². The average Bonchev–Trinajstić information content (AvgIpc) is 2.43. The van der Waals surface area contributed by atoms with Crippen molar-refractivity contribution in [3.8, 4) is 5.75 Å². The average molecular weight is 286 g/mol. The lowest BCUT2D eigenvalue weighted by Crippen LogP contribution is -2.42. The van der Waals surface area contributed by atoms with Gasteiger partial charge in [-0.15, -0.1) is 0 Å². The molecule has 1 aromatic heterocycles. The number of aromatic nitrogens is 1. The van der Waals surface area contributed by atoms with Crippen molar-refractivity contribution < 1.29 is 4.74 Å². The Bertz CT molecular complexity index is 708. The highest BCUT2D eigenvalue weighted by atomic mass is 16.5. The Morgan fingerprint density at radius 1 is 1.33 bits per heavy atom. The van der Waals surface area contributed by atoms with Crippen LogP contribution >= 0.6 is 0 Å². The lowest BCUT2D eigenvalue weighted by atomic mass is 9.83. The van der Waals surface area contributed by atoms with E-state index in [1.807, 2.05) is 25.1 Å². The summed E-state index contributed by atoms with van der Waals surface area (Å²) in [6.45, 7) is 4.09. The molecule has 0 radical (unpaired) electrons. The molecule has 2 aromatic rings. The molecule has 21 heavy (non-hydrogen) atoms. The van der Waals surface area contributed by atoms with Crippen LogP contribution < -0.4 is 16.0 Å². The first-order valence-electron chi connectivity index (χ1n) is 7.52. The molecule has 1 saturated carbocycles. The summed E-state index contributed by atoms with van der Waals surface area (Å²) in [4.78, 5) is 14.5. The summed E-state index contributed by atoms with van der Waals surface area (Å²) in [5, 5.41) is 1.62. The van der Waals surface area contributed by atoms with Gasteiger partial charge in [-0.1, -0.05) is 0 Å². The zero-order valence-corrected chi connectivity index (χ0v) is 12.6. The molecule has 0 unspecified atom stereocenters. The summed E-state index contributed by atoms with van der Waals surface area (Å²) in [6.07, 6.45) is 5.84. The van der Waals surface area contributed by atoms with Gasteiger partial charge >= 0.3 is 0 Å². The van der Waals surface area contributed by atoms with Crippen LogP contribution in [0.3, 0.4) is 0 Å². The van der Waals surface area contributed by atoms with Crippen LogP contribution in [-0.4, -0.2) is 16.6 Å². The van der Waals surface area contributed by atoms with Crippen molar-refractivity contribution in [3.05, 3.63) is 40.3 Å². The quantitative estimate of drug-likeness (QED) is 0.892. The highest BCUT2D eigenvalue weighted by Gasteiger charge is 2.28. The number of aryl methyl sites for hydroxylation is 1. The van der Waals surface area contributed by atoms with Crippen molar-refractivity contribution in [2.24, 2.45) is 5.73 Å². The van der Waals surface area contributed by atoms with Gasteiger partial charge in [0.2, 0.25) is 0 Å². The molecule has 3 N–H and O–H groups in total. The van der Waals surface area contributed by atoms with Crippen molar-refractivity contribution in [3.63, 3.8) is 0 Å². The minimum atomic E-state index is -0.0567.